The van der Waals surface area contributed by atoms with Crippen molar-refractivity contribution in [2.75, 3.05) is 33.5 Å². The molecule has 10 nitrogen and oxygen atoms in total. The molecule has 0 saturated heterocycles. The van der Waals surface area contributed by atoms with Gasteiger partial charge in [0.2, 0.25) is 0 Å². The molecule has 0 fully saturated rings. The van der Waals surface area contributed by atoms with Crippen LogP contribution in [0.1, 0.15) is 70.8 Å². The number of hydrogen-bond donors (Lipinski definition) is 0. The predicted octanol–water partition coefficient (Wildman–Crippen LogP) is 6.01. The standard InChI is InChI=1S/C25H40O10P2/c1-9-31-36(28,32-10-2)21(37(29,33-11-3)34-12-4)17-25(23(27)35-24(5,6)7)16-18-15-19(30-8)13-14-20(18)22(25)26/h13-15,21H,9-12,16-17H2,1-8H3. The molecule has 0 aromatic heterocycles. The van der Waals surface area contributed by atoms with Gasteiger partial charge in [0.1, 0.15) is 16.8 Å². The topological polar surface area (TPSA) is 124 Å². The summed E-state index contributed by atoms with van der Waals surface area (Å²) in [5, 5.41) is -1.56. The highest BCUT2D eigenvalue weighted by molar-refractivity contribution is 7.72. The normalized spacial score (nSPS) is 18.2. The summed E-state index contributed by atoms with van der Waals surface area (Å²) in [5.74, 6) is -0.862. The molecule has 0 bridgehead atoms. The molecule has 210 valence electrons. The second kappa shape index (κ2) is 12.5. The fourth-order valence-electron chi connectivity index (χ4n) is 4.36. The van der Waals surface area contributed by atoms with Crippen molar-refractivity contribution < 1.29 is 46.3 Å². The minimum Gasteiger partial charge on any atom is -0.497 e. The number of Topliss-reactive ketones (excluding diaryl/α,β-unsaturated/α-hetero) is 1. The molecule has 2 rings (SSSR count). The van der Waals surface area contributed by atoms with Crippen molar-refractivity contribution in [2.24, 2.45) is 5.41 Å². The maximum absolute atomic E-state index is 14.2. The third-order valence-electron chi connectivity index (χ3n) is 5.77. The molecule has 1 aliphatic rings. The number of carbonyl (C=O) groups is 2. The molecule has 1 aromatic carbocycles. The van der Waals surface area contributed by atoms with Crippen molar-refractivity contribution in [1.29, 1.82) is 0 Å². The minimum atomic E-state index is -4.23. The van der Waals surface area contributed by atoms with Gasteiger partial charge in [0.15, 0.2) is 11.2 Å². The van der Waals surface area contributed by atoms with Crippen LogP contribution in [0.3, 0.4) is 0 Å². The number of ether oxygens (including phenoxy) is 2. The van der Waals surface area contributed by atoms with Gasteiger partial charge in [-0.05, 0) is 85.1 Å². The number of fused-ring (bicyclic) bond motifs is 1. The van der Waals surface area contributed by atoms with Gasteiger partial charge in [-0.15, -0.1) is 0 Å². The summed E-state index contributed by atoms with van der Waals surface area (Å²) < 4.78 is 61.6. The maximum Gasteiger partial charge on any atom is 0.345 e. The Labute approximate surface area is 219 Å². The van der Waals surface area contributed by atoms with Crippen LogP contribution in [0, 0.1) is 5.41 Å². The van der Waals surface area contributed by atoms with Crippen LogP contribution in [0.15, 0.2) is 18.2 Å². The van der Waals surface area contributed by atoms with Gasteiger partial charge in [-0.2, -0.15) is 0 Å². The average molecular weight is 563 g/mol. The highest BCUT2D eigenvalue weighted by Crippen LogP contribution is 2.73. The van der Waals surface area contributed by atoms with Gasteiger partial charge in [-0.3, -0.25) is 18.7 Å². The first kappa shape index (κ1) is 31.7. The summed E-state index contributed by atoms with van der Waals surface area (Å²) in [6, 6.07) is 4.87. The molecule has 0 aliphatic heterocycles. The molecule has 0 heterocycles. The Bertz CT molecular complexity index is 1010. The molecular weight excluding hydrogens is 522 g/mol. The number of rotatable bonds is 14. The van der Waals surface area contributed by atoms with Crippen molar-refractivity contribution in [1.82, 2.24) is 0 Å². The molecule has 0 radical (unpaired) electrons. The number of ketones is 1. The summed E-state index contributed by atoms with van der Waals surface area (Å²) in [4.78, 5) is 27.8. The molecule has 1 aliphatic carbocycles. The van der Waals surface area contributed by atoms with Crippen LogP contribution < -0.4 is 4.74 Å². The van der Waals surface area contributed by atoms with Gasteiger partial charge in [0.25, 0.3) is 0 Å². The van der Waals surface area contributed by atoms with Crippen LogP contribution in [-0.4, -0.2) is 56.3 Å². The van der Waals surface area contributed by atoms with Crippen LogP contribution >= 0.6 is 15.2 Å². The van der Waals surface area contributed by atoms with E-state index in [1.807, 2.05) is 0 Å². The van der Waals surface area contributed by atoms with Crippen LogP contribution in [0.4, 0.5) is 0 Å². The Morgan fingerprint density at radius 1 is 0.946 bits per heavy atom. The Morgan fingerprint density at radius 3 is 1.84 bits per heavy atom. The van der Waals surface area contributed by atoms with E-state index >= 15 is 0 Å². The summed E-state index contributed by atoms with van der Waals surface area (Å²) >= 11 is 0. The molecule has 0 spiro atoms. The number of esters is 1. The van der Waals surface area contributed by atoms with E-state index in [2.05, 4.69) is 0 Å². The molecule has 0 N–H and O–H groups in total. The van der Waals surface area contributed by atoms with Crippen molar-refractivity contribution in [3.05, 3.63) is 29.3 Å². The molecule has 37 heavy (non-hydrogen) atoms. The molecule has 1 unspecified atom stereocenters. The molecule has 12 heteroatoms. The Morgan fingerprint density at radius 2 is 1.43 bits per heavy atom. The van der Waals surface area contributed by atoms with Crippen LogP contribution in [0.25, 0.3) is 0 Å². The van der Waals surface area contributed by atoms with Crippen molar-refractivity contribution in [3.8, 4) is 5.75 Å². The van der Waals surface area contributed by atoms with E-state index in [0.717, 1.165) is 0 Å². The fraction of sp³-hybridized carbons (Fsp3) is 0.680. The van der Waals surface area contributed by atoms with Gasteiger partial charge >= 0.3 is 21.2 Å². The van der Waals surface area contributed by atoms with E-state index in [1.54, 1.807) is 66.7 Å². The van der Waals surface area contributed by atoms with E-state index in [1.165, 1.54) is 7.11 Å². The zero-order valence-corrected chi connectivity index (χ0v) is 24.8. The Balaban J connectivity index is 2.79. The largest absolute Gasteiger partial charge is 0.497 e. The highest BCUT2D eigenvalue weighted by atomic mass is 31.2. The van der Waals surface area contributed by atoms with E-state index in [0.29, 0.717) is 16.9 Å². The highest BCUT2D eigenvalue weighted by Gasteiger charge is 2.61. The molecule has 0 saturated carbocycles. The second-order valence-corrected chi connectivity index (χ2v) is 14.4. The summed E-state index contributed by atoms with van der Waals surface area (Å²) in [5.41, 5.74) is -1.95. The van der Waals surface area contributed by atoms with Crippen LogP contribution in [-0.2, 0) is 43.2 Å². The zero-order chi connectivity index (χ0) is 28.1. The lowest BCUT2D eigenvalue weighted by Crippen LogP contribution is -2.44. The molecule has 1 aromatic rings. The van der Waals surface area contributed by atoms with Crippen molar-refractivity contribution >= 4 is 26.9 Å². The SMILES string of the molecule is CCOP(=O)(OCC)C(CC1(C(=O)OC(C)(C)C)Cc2cc(OC)ccc2C1=O)P(=O)(OCC)OCC. The first-order valence-corrected chi connectivity index (χ1v) is 15.7. The summed E-state index contributed by atoms with van der Waals surface area (Å²) in [6.07, 6.45) is -0.577. The van der Waals surface area contributed by atoms with E-state index in [4.69, 9.17) is 27.6 Å². The van der Waals surface area contributed by atoms with Crippen LogP contribution in [0.5, 0.6) is 5.75 Å². The Kier molecular flexibility index (Phi) is 10.7. The Hall–Kier alpha value is -1.54. The summed E-state index contributed by atoms with van der Waals surface area (Å²) in [6.45, 7) is 11.4. The van der Waals surface area contributed by atoms with Gasteiger partial charge in [-0.1, -0.05) is 0 Å². The lowest BCUT2D eigenvalue weighted by Gasteiger charge is -2.37. The monoisotopic (exact) mass is 562 g/mol. The van der Waals surface area contributed by atoms with Gasteiger partial charge in [-0.25, -0.2) is 0 Å². The quantitative estimate of drug-likeness (QED) is 0.151. The number of methoxy groups -OCH3 is 1. The number of carbonyl (C=O) groups excluding carboxylic acids is 2. The van der Waals surface area contributed by atoms with E-state index < -0.39 is 49.8 Å². The second-order valence-electron chi connectivity index (χ2n) is 9.55. The predicted molar refractivity (Wildman–Crippen MR) is 139 cm³/mol. The van der Waals surface area contributed by atoms with E-state index in [-0.39, 0.29) is 32.8 Å². The number of benzene rings is 1. The average Bonchev–Trinajstić information content (AvgIpc) is 3.08. The fourth-order valence-corrected chi connectivity index (χ4v) is 9.90. The molecule has 1 atom stereocenters. The van der Waals surface area contributed by atoms with Gasteiger partial charge < -0.3 is 27.6 Å². The maximum atomic E-state index is 14.2. The lowest BCUT2D eigenvalue weighted by molar-refractivity contribution is -0.164. The van der Waals surface area contributed by atoms with Crippen molar-refractivity contribution in [3.63, 3.8) is 0 Å². The third kappa shape index (κ3) is 6.92. The summed E-state index contributed by atoms with van der Waals surface area (Å²) in [7, 11) is -6.97. The number of hydrogen-bond acceptors (Lipinski definition) is 10. The van der Waals surface area contributed by atoms with Gasteiger partial charge in [0.05, 0.1) is 33.5 Å². The van der Waals surface area contributed by atoms with Crippen molar-refractivity contribution in [2.45, 2.75) is 72.3 Å². The zero-order valence-electron chi connectivity index (χ0n) is 23.0. The lowest BCUT2D eigenvalue weighted by atomic mass is 9.80. The minimum absolute atomic E-state index is 0.0309. The molecular formula is C25H40O10P2. The molecule has 0 amide bonds. The van der Waals surface area contributed by atoms with E-state index in [9.17, 15) is 18.7 Å². The third-order valence-corrected chi connectivity index (χ3v) is 11.8. The smallest absolute Gasteiger partial charge is 0.345 e. The first-order valence-electron chi connectivity index (χ1n) is 12.5. The first-order chi connectivity index (χ1) is 17.3. The van der Waals surface area contributed by atoms with Gasteiger partial charge in [0, 0.05) is 5.56 Å². The van der Waals surface area contributed by atoms with Crippen LogP contribution in [0.2, 0.25) is 0 Å².